The molecule has 0 bridgehead atoms. The molecule has 12 heavy (non-hydrogen) atoms. The first kappa shape index (κ1) is 9.96. The molecule has 0 aromatic carbocycles. The van der Waals surface area contributed by atoms with E-state index in [2.05, 4.69) is 0 Å². The van der Waals surface area contributed by atoms with Crippen molar-refractivity contribution in [1.82, 2.24) is 5.06 Å². The topological polar surface area (TPSA) is 43.7 Å². The molecule has 1 fully saturated rings. The van der Waals surface area contributed by atoms with Crippen molar-refractivity contribution in [2.75, 3.05) is 19.7 Å². The summed E-state index contributed by atoms with van der Waals surface area (Å²) >= 11 is 0. The van der Waals surface area contributed by atoms with Crippen molar-refractivity contribution >= 4 is 0 Å². The molecule has 0 radical (unpaired) electrons. The van der Waals surface area contributed by atoms with E-state index >= 15 is 0 Å². The fraction of sp³-hybridized carbons (Fsp3) is 1.00. The van der Waals surface area contributed by atoms with Gasteiger partial charge in [-0.15, -0.1) is 0 Å². The number of hydroxylamine groups is 2. The van der Waals surface area contributed by atoms with Gasteiger partial charge in [0, 0.05) is 19.7 Å². The Morgan fingerprint density at radius 2 is 1.83 bits per heavy atom. The maximum atomic E-state index is 9.09. The molecule has 2 N–H and O–H groups in total. The lowest BCUT2D eigenvalue weighted by Crippen LogP contribution is -2.30. The highest BCUT2D eigenvalue weighted by Crippen LogP contribution is 2.21. The van der Waals surface area contributed by atoms with Gasteiger partial charge in [0.1, 0.15) is 0 Å². The lowest BCUT2D eigenvalue weighted by Gasteiger charge is -2.27. The van der Waals surface area contributed by atoms with Crippen LogP contribution in [-0.4, -0.2) is 35.1 Å². The summed E-state index contributed by atoms with van der Waals surface area (Å²) < 4.78 is 0. The molecule has 1 saturated heterocycles. The maximum absolute atomic E-state index is 9.09. The molecular formula is C9H19NO2. The molecule has 0 unspecified atom stereocenters. The van der Waals surface area contributed by atoms with E-state index in [1.54, 1.807) is 0 Å². The fourth-order valence-corrected chi connectivity index (χ4v) is 1.75. The summed E-state index contributed by atoms with van der Waals surface area (Å²) in [5, 5.41) is 19.1. The maximum Gasteiger partial charge on any atom is 0.0431 e. The summed E-state index contributed by atoms with van der Waals surface area (Å²) in [7, 11) is 0. The second-order valence-corrected chi connectivity index (χ2v) is 3.62. The molecule has 1 rings (SSSR count). The number of hydrogen-bond acceptors (Lipinski definition) is 3. The van der Waals surface area contributed by atoms with Crippen molar-refractivity contribution in [2.45, 2.75) is 32.1 Å². The lowest BCUT2D eigenvalue weighted by molar-refractivity contribution is -0.112. The Morgan fingerprint density at radius 3 is 2.42 bits per heavy atom. The van der Waals surface area contributed by atoms with E-state index in [0.29, 0.717) is 6.61 Å². The zero-order valence-electron chi connectivity index (χ0n) is 7.58. The first-order valence-corrected chi connectivity index (χ1v) is 4.87. The van der Waals surface area contributed by atoms with Crippen LogP contribution in [0.4, 0.5) is 0 Å². The summed E-state index contributed by atoms with van der Waals surface area (Å²) in [4.78, 5) is 0. The molecule has 72 valence electrons. The van der Waals surface area contributed by atoms with Crippen molar-refractivity contribution in [1.29, 1.82) is 0 Å². The van der Waals surface area contributed by atoms with Crippen LogP contribution in [0.2, 0.25) is 0 Å². The molecule has 1 aliphatic rings. The van der Waals surface area contributed by atoms with Gasteiger partial charge in [0.05, 0.1) is 0 Å². The molecule has 1 aliphatic heterocycles. The second-order valence-electron chi connectivity index (χ2n) is 3.62. The van der Waals surface area contributed by atoms with E-state index in [4.69, 9.17) is 10.3 Å². The molecule has 0 aliphatic carbocycles. The van der Waals surface area contributed by atoms with Gasteiger partial charge in [-0.3, -0.25) is 0 Å². The highest BCUT2D eigenvalue weighted by atomic mass is 16.5. The van der Waals surface area contributed by atoms with Crippen molar-refractivity contribution in [2.24, 2.45) is 5.92 Å². The Morgan fingerprint density at radius 1 is 1.17 bits per heavy atom. The van der Waals surface area contributed by atoms with E-state index in [1.165, 1.54) is 11.5 Å². The van der Waals surface area contributed by atoms with E-state index in [0.717, 1.165) is 44.7 Å². The van der Waals surface area contributed by atoms with Gasteiger partial charge in [0.25, 0.3) is 0 Å². The number of hydrogen-bond donors (Lipinski definition) is 2. The number of unbranched alkanes of at least 4 members (excludes halogenated alkanes) is 1. The lowest BCUT2D eigenvalue weighted by atomic mass is 9.92. The Hall–Kier alpha value is -0.120. The Kier molecular flexibility index (Phi) is 4.58. The average Bonchev–Trinajstić information content (AvgIpc) is 2.09. The van der Waals surface area contributed by atoms with Crippen molar-refractivity contribution in [3.8, 4) is 0 Å². The van der Waals surface area contributed by atoms with E-state index < -0.39 is 0 Å². The highest BCUT2D eigenvalue weighted by molar-refractivity contribution is 4.67. The van der Waals surface area contributed by atoms with Crippen molar-refractivity contribution in [3.05, 3.63) is 0 Å². The summed E-state index contributed by atoms with van der Waals surface area (Å²) in [5.41, 5.74) is 0. The van der Waals surface area contributed by atoms with Crippen LogP contribution >= 0.6 is 0 Å². The quantitative estimate of drug-likeness (QED) is 0.629. The molecule has 3 heteroatoms. The van der Waals surface area contributed by atoms with Crippen molar-refractivity contribution < 1.29 is 10.3 Å². The van der Waals surface area contributed by atoms with Gasteiger partial charge >= 0.3 is 0 Å². The van der Waals surface area contributed by atoms with E-state index in [9.17, 15) is 0 Å². The van der Waals surface area contributed by atoms with Gasteiger partial charge in [0.15, 0.2) is 0 Å². The third-order valence-electron chi connectivity index (χ3n) is 2.61. The standard InChI is InChI=1S/C9H19NO2/c11-8-2-1-3-9-4-6-10(12)7-5-9/h9,11-12H,1-8H2. The van der Waals surface area contributed by atoms with Gasteiger partial charge in [-0.1, -0.05) is 12.8 Å². The normalized spacial score (nSPS) is 21.5. The Labute approximate surface area is 74.0 Å². The SMILES string of the molecule is OCCCCC1CCN(O)CC1. The van der Waals surface area contributed by atoms with Crippen LogP contribution in [0.5, 0.6) is 0 Å². The minimum atomic E-state index is 0.318. The number of rotatable bonds is 4. The number of nitrogens with zero attached hydrogens (tertiary/aromatic N) is 1. The van der Waals surface area contributed by atoms with Gasteiger partial charge in [-0.2, -0.15) is 5.06 Å². The van der Waals surface area contributed by atoms with Gasteiger partial charge in [-0.25, -0.2) is 0 Å². The third kappa shape index (κ3) is 3.52. The molecule has 0 amide bonds. The number of aliphatic hydroxyl groups is 1. The largest absolute Gasteiger partial charge is 0.396 e. The minimum Gasteiger partial charge on any atom is -0.396 e. The predicted octanol–water partition coefficient (Wildman–Crippen LogP) is 1.25. The van der Waals surface area contributed by atoms with Crippen LogP contribution < -0.4 is 0 Å². The zero-order chi connectivity index (χ0) is 8.81. The predicted molar refractivity (Wildman–Crippen MR) is 47.0 cm³/mol. The summed E-state index contributed by atoms with van der Waals surface area (Å²) in [6.45, 7) is 1.96. The van der Waals surface area contributed by atoms with Crippen LogP contribution in [0.3, 0.4) is 0 Å². The molecule has 1 heterocycles. The number of aliphatic hydroxyl groups excluding tert-OH is 1. The molecule has 3 nitrogen and oxygen atoms in total. The van der Waals surface area contributed by atoms with Crippen LogP contribution in [0.25, 0.3) is 0 Å². The fourth-order valence-electron chi connectivity index (χ4n) is 1.75. The Bertz CT molecular complexity index is 111. The summed E-state index contributed by atoms with van der Waals surface area (Å²) in [5.74, 6) is 0.778. The highest BCUT2D eigenvalue weighted by Gasteiger charge is 2.16. The van der Waals surface area contributed by atoms with Crippen LogP contribution in [0.1, 0.15) is 32.1 Å². The molecule has 0 atom stereocenters. The summed E-state index contributed by atoms with van der Waals surface area (Å²) in [6.07, 6.45) is 5.50. The van der Waals surface area contributed by atoms with Gasteiger partial charge in [-0.05, 0) is 25.2 Å². The molecule has 0 aromatic rings. The zero-order valence-corrected chi connectivity index (χ0v) is 7.58. The Balaban J connectivity index is 2.01. The first-order chi connectivity index (χ1) is 5.83. The molecular weight excluding hydrogens is 154 g/mol. The third-order valence-corrected chi connectivity index (χ3v) is 2.61. The first-order valence-electron chi connectivity index (χ1n) is 4.87. The van der Waals surface area contributed by atoms with E-state index in [-0.39, 0.29) is 0 Å². The monoisotopic (exact) mass is 173 g/mol. The van der Waals surface area contributed by atoms with E-state index in [1.807, 2.05) is 0 Å². The van der Waals surface area contributed by atoms with Crippen LogP contribution in [0.15, 0.2) is 0 Å². The van der Waals surface area contributed by atoms with Gasteiger partial charge in [0.2, 0.25) is 0 Å². The minimum absolute atomic E-state index is 0.318. The summed E-state index contributed by atoms with van der Waals surface area (Å²) in [6, 6.07) is 0. The molecule has 0 aromatic heterocycles. The molecule has 0 saturated carbocycles. The van der Waals surface area contributed by atoms with Crippen LogP contribution in [-0.2, 0) is 0 Å². The van der Waals surface area contributed by atoms with Crippen molar-refractivity contribution in [3.63, 3.8) is 0 Å². The number of piperidine rings is 1. The average molecular weight is 173 g/mol. The second kappa shape index (κ2) is 5.51. The smallest absolute Gasteiger partial charge is 0.0431 e. The van der Waals surface area contributed by atoms with Gasteiger partial charge < -0.3 is 10.3 Å². The van der Waals surface area contributed by atoms with Crippen LogP contribution in [0, 0.1) is 5.92 Å². The molecule has 0 spiro atoms.